The highest BCUT2D eigenvalue weighted by Gasteiger charge is 2.09. The maximum Gasteiger partial charge on any atom is 0.453 e. The van der Waals surface area contributed by atoms with Gasteiger partial charge >= 0.3 is 7.12 Å². The molecule has 0 aromatic carbocycles. The van der Waals surface area contributed by atoms with Crippen LogP contribution in [-0.2, 0) is 9.31 Å². The Morgan fingerprint density at radius 1 is 1.15 bits per heavy atom. The van der Waals surface area contributed by atoms with E-state index in [-0.39, 0.29) is 7.12 Å². The standard InChI is InChI=1S/C9H18BNO2/c1-10-12-8-4-2-3-6-11-7-5-9-13-10/h6H,2-5,7-9H2,1H3/b11-6+. The van der Waals surface area contributed by atoms with Crippen molar-refractivity contribution in [3.05, 3.63) is 0 Å². The van der Waals surface area contributed by atoms with Crippen LogP contribution in [0.3, 0.4) is 0 Å². The Kier molecular flexibility index (Phi) is 5.86. The number of nitrogens with zero attached hydrogens (tertiary/aromatic N) is 1. The fourth-order valence-corrected chi connectivity index (χ4v) is 1.22. The van der Waals surface area contributed by atoms with E-state index in [0.29, 0.717) is 0 Å². The van der Waals surface area contributed by atoms with Crippen molar-refractivity contribution in [2.45, 2.75) is 32.5 Å². The average Bonchev–Trinajstić information content (AvgIpc) is 2.11. The summed E-state index contributed by atoms with van der Waals surface area (Å²) in [6, 6.07) is 0. The van der Waals surface area contributed by atoms with Gasteiger partial charge in [-0.3, -0.25) is 4.99 Å². The Labute approximate surface area is 80.7 Å². The van der Waals surface area contributed by atoms with Crippen molar-refractivity contribution in [2.24, 2.45) is 4.99 Å². The fourth-order valence-electron chi connectivity index (χ4n) is 1.22. The lowest BCUT2D eigenvalue weighted by Crippen LogP contribution is -2.20. The van der Waals surface area contributed by atoms with Crippen molar-refractivity contribution in [3.8, 4) is 0 Å². The van der Waals surface area contributed by atoms with E-state index in [1.54, 1.807) is 0 Å². The summed E-state index contributed by atoms with van der Waals surface area (Å²) in [7, 11) is -0.0524. The first kappa shape index (κ1) is 10.7. The molecule has 1 rings (SSSR count). The monoisotopic (exact) mass is 183 g/mol. The zero-order chi connectivity index (χ0) is 9.36. The van der Waals surface area contributed by atoms with E-state index < -0.39 is 0 Å². The van der Waals surface area contributed by atoms with Gasteiger partial charge in [-0.1, -0.05) is 0 Å². The molecule has 0 saturated heterocycles. The molecule has 13 heavy (non-hydrogen) atoms. The van der Waals surface area contributed by atoms with Gasteiger partial charge in [-0.05, 0) is 38.7 Å². The molecule has 0 aromatic heterocycles. The minimum atomic E-state index is -0.0524. The van der Waals surface area contributed by atoms with Gasteiger partial charge in [0, 0.05) is 19.8 Å². The van der Waals surface area contributed by atoms with Gasteiger partial charge in [0.25, 0.3) is 0 Å². The first-order chi connectivity index (χ1) is 6.39. The van der Waals surface area contributed by atoms with Crippen LogP contribution in [0, 0.1) is 0 Å². The van der Waals surface area contributed by atoms with Crippen molar-refractivity contribution in [1.82, 2.24) is 0 Å². The lowest BCUT2D eigenvalue weighted by atomic mass is 9.95. The van der Waals surface area contributed by atoms with Gasteiger partial charge in [-0.15, -0.1) is 0 Å². The van der Waals surface area contributed by atoms with Gasteiger partial charge in [-0.2, -0.15) is 0 Å². The molecule has 0 unspecified atom stereocenters. The van der Waals surface area contributed by atoms with E-state index in [0.717, 1.165) is 45.4 Å². The van der Waals surface area contributed by atoms with Crippen LogP contribution in [0.2, 0.25) is 6.82 Å². The highest BCUT2D eigenvalue weighted by atomic mass is 16.6. The summed E-state index contributed by atoms with van der Waals surface area (Å²) >= 11 is 0. The maximum atomic E-state index is 5.45. The molecule has 0 aliphatic carbocycles. The Morgan fingerprint density at radius 3 is 2.77 bits per heavy atom. The minimum absolute atomic E-state index is 0.0524. The lowest BCUT2D eigenvalue weighted by molar-refractivity contribution is 0.197. The summed E-state index contributed by atoms with van der Waals surface area (Å²) in [4.78, 5) is 4.28. The molecule has 0 radical (unpaired) electrons. The van der Waals surface area contributed by atoms with E-state index in [2.05, 4.69) is 4.99 Å². The zero-order valence-corrected chi connectivity index (χ0v) is 8.37. The first-order valence-corrected chi connectivity index (χ1v) is 5.11. The molecule has 1 heterocycles. The average molecular weight is 183 g/mol. The van der Waals surface area contributed by atoms with Crippen molar-refractivity contribution >= 4 is 13.3 Å². The van der Waals surface area contributed by atoms with E-state index >= 15 is 0 Å². The number of hydrogen-bond donors (Lipinski definition) is 0. The molecule has 0 bridgehead atoms. The molecule has 3 nitrogen and oxygen atoms in total. The fraction of sp³-hybridized carbons (Fsp3) is 0.889. The van der Waals surface area contributed by atoms with Crippen molar-refractivity contribution in [2.75, 3.05) is 19.8 Å². The highest BCUT2D eigenvalue weighted by molar-refractivity contribution is 6.42. The molecule has 0 atom stereocenters. The minimum Gasteiger partial charge on any atom is -0.411 e. The second-order valence-corrected chi connectivity index (χ2v) is 3.25. The van der Waals surface area contributed by atoms with E-state index in [1.807, 2.05) is 13.0 Å². The van der Waals surface area contributed by atoms with Crippen LogP contribution >= 0.6 is 0 Å². The third-order valence-corrected chi connectivity index (χ3v) is 1.99. The lowest BCUT2D eigenvalue weighted by Gasteiger charge is -2.10. The van der Waals surface area contributed by atoms with Crippen LogP contribution in [0.1, 0.15) is 25.7 Å². The van der Waals surface area contributed by atoms with Gasteiger partial charge in [-0.25, -0.2) is 0 Å². The van der Waals surface area contributed by atoms with Gasteiger partial charge in [0.05, 0.1) is 0 Å². The van der Waals surface area contributed by atoms with Crippen LogP contribution in [-0.4, -0.2) is 33.1 Å². The largest absolute Gasteiger partial charge is 0.453 e. The van der Waals surface area contributed by atoms with Gasteiger partial charge < -0.3 is 9.31 Å². The number of hydrogen-bond acceptors (Lipinski definition) is 3. The van der Waals surface area contributed by atoms with Crippen molar-refractivity contribution in [3.63, 3.8) is 0 Å². The molecule has 1 aliphatic rings. The molecular weight excluding hydrogens is 165 g/mol. The topological polar surface area (TPSA) is 30.8 Å². The summed E-state index contributed by atoms with van der Waals surface area (Å²) in [6.07, 6.45) is 6.35. The molecule has 0 N–H and O–H groups in total. The smallest absolute Gasteiger partial charge is 0.411 e. The molecule has 0 fully saturated rings. The van der Waals surface area contributed by atoms with Gasteiger partial charge in [0.15, 0.2) is 0 Å². The van der Waals surface area contributed by atoms with Gasteiger partial charge in [0.2, 0.25) is 0 Å². The van der Waals surface area contributed by atoms with Crippen molar-refractivity contribution in [1.29, 1.82) is 0 Å². The molecule has 1 aliphatic heterocycles. The summed E-state index contributed by atoms with van der Waals surface area (Å²) in [6.45, 7) is 4.38. The Bertz CT molecular complexity index is 153. The Hall–Kier alpha value is -0.345. The zero-order valence-electron chi connectivity index (χ0n) is 8.37. The SMILES string of the molecule is CB1OCCCC/C=N/CCCO1. The molecule has 74 valence electrons. The van der Waals surface area contributed by atoms with E-state index in [4.69, 9.17) is 9.31 Å². The molecule has 0 spiro atoms. The van der Waals surface area contributed by atoms with Gasteiger partial charge in [0.1, 0.15) is 0 Å². The second-order valence-electron chi connectivity index (χ2n) is 3.25. The van der Waals surface area contributed by atoms with Crippen LogP contribution in [0.4, 0.5) is 0 Å². The summed E-state index contributed by atoms with van der Waals surface area (Å²) < 4.78 is 10.9. The first-order valence-electron chi connectivity index (χ1n) is 5.11. The maximum absolute atomic E-state index is 5.45. The molecule has 4 heteroatoms. The summed E-state index contributed by atoms with van der Waals surface area (Å²) in [5.41, 5.74) is 0. The predicted molar refractivity (Wildman–Crippen MR) is 55.3 cm³/mol. The van der Waals surface area contributed by atoms with E-state index in [1.165, 1.54) is 0 Å². The Morgan fingerprint density at radius 2 is 1.92 bits per heavy atom. The highest BCUT2D eigenvalue weighted by Crippen LogP contribution is 1.99. The molecule has 0 aromatic rings. The van der Waals surface area contributed by atoms with Crippen LogP contribution in [0.25, 0.3) is 0 Å². The predicted octanol–water partition coefficient (Wildman–Crippen LogP) is 1.78. The quantitative estimate of drug-likeness (QED) is 0.536. The number of rotatable bonds is 0. The molecule has 0 amide bonds. The molecule has 0 saturated carbocycles. The van der Waals surface area contributed by atoms with Crippen LogP contribution in [0.15, 0.2) is 4.99 Å². The van der Waals surface area contributed by atoms with E-state index in [9.17, 15) is 0 Å². The normalized spacial score (nSPS) is 24.5. The molecular formula is C9H18BNO2. The van der Waals surface area contributed by atoms with Crippen LogP contribution in [0.5, 0.6) is 0 Å². The van der Waals surface area contributed by atoms with Crippen molar-refractivity contribution < 1.29 is 9.31 Å². The second kappa shape index (κ2) is 7.10. The van der Waals surface area contributed by atoms with Crippen LogP contribution < -0.4 is 0 Å². The third-order valence-electron chi connectivity index (χ3n) is 1.99. The summed E-state index contributed by atoms with van der Waals surface area (Å²) in [5.74, 6) is 0. The third kappa shape index (κ3) is 5.83. The number of aliphatic imine (C=N–C) groups is 1. The summed E-state index contributed by atoms with van der Waals surface area (Å²) in [5, 5.41) is 0. The Balaban J connectivity index is 2.20.